The van der Waals surface area contributed by atoms with Gasteiger partial charge in [0.05, 0.1) is 11.3 Å². The number of nitrogens with zero attached hydrogens (tertiary/aromatic N) is 2. The first-order valence-corrected chi connectivity index (χ1v) is 13.1. The van der Waals surface area contributed by atoms with Gasteiger partial charge in [0.1, 0.15) is 0 Å². The molecule has 182 valence electrons. The summed E-state index contributed by atoms with van der Waals surface area (Å²) in [6.45, 7) is 2.61. The average Bonchev–Trinajstić information content (AvgIpc) is 3.67. The second kappa shape index (κ2) is 10.2. The maximum Gasteiger partial charge on any atom is 0.255 e. The molecule has 35 heavy (non-hydrogen) atoms. The number of nitrogens with one attached hydrogen (secondary N) is 2. The minimum absolute atomic E-state index is 0.203. The number of benzene rings is 2. The molecule has 0 spiro atoms. The van der Waals surface area contributed by atoms with Crippen molar-refractivity contribution in [2.24, 2.45) is 5.92 Å². The van der Waals surface area contributed by atoms with E-state index < -0.39 is 0 Å². The highest BCUT2D eigenvalue weighted by atomic mass is 35.5. The summed E-state index contributed by atoms with van der Waals surface area (Å²) in [6, 6.07) is 16.0. The summed E-state index contributed by atoms with van der Waals surface area (Å²) in [5.74, 6) is 1.18. The van der Waals surface area contributed by atoms with Gasteiger partial charge in [0.2, 0.25) is 5.95 Å². The van der Waals surface area contributed by atoms with Crippen LogP contribution in [0.1, 0.15) is 72.6 Å². The van der Waals surface area contributed by atoms with Crippen molar-refractivity contribution in [2.45, 2.75) is 63.5 Å². The lowest BCUT2D eigenvalue weighted by atomic mass is 9.87. The van der Waals surface area contributed by atoms with E-state index in [0.29, 0.717) is 34.1 Å². The Morgan fingerprint density at radius 1 is 1.06 bits per heavy atom. The molecule has 0 atom stereocenters. The number of anilines is 1. The molecule has 2 aromatic carbocycles. The first kappa shape index (κ1) is 24.1. The molecule has 7 heteroatoms. The van der Waals surface area contributed by atoms with E-state index in [9.17, 15) is 4.79 Å². The van der Waals surface area contributed by atoms with E-state index in [-0.39, 0.29) is 11.3 Å². The zero-order valence-electron chi connectivity index (χ0n) is 19.9. The summed E-state index contributed by atoms with van der Waals surface area (Å²) in [7, 11) is 0. The molecule has 2 saturated carbocycles. The van der Waals surface area contributed by atoms with Crippen LogP contribution in [0.15, 0.2) is 54.7 Å². The normalized spacial score (nSPS) is 20.8. The summed E-state index contributed by atoms with van der Waals surface area (Å²) < 4.78 is 0. The Labute approximate surface area is 216 Å². The molecule has 0 unspecified atom stereocenters. The van der Waals surface area contributed by atoms with E-state index in [0.717, 1.165) is 42.9 Å². The van der Waals surface area contributed by atoms with Crippen LogP contribution in [0, 0.1) is 5.92 Å². The van der Waals surface area contributed by atoms with Gasteiger partial charge < -0.3 is 10.6 Å². The highest BCUT2D eigenvalue weighted by Gasteiger charge is 2.49. The minimum Gasteiger partial charge on any atom is -0.351 e. The van der Waals surface area contributed by atoms with Crippen LogP contribution in [0.2, 0.25) is 10.0 Å². The van der Waals surface area contributed by atoms with Crippen LogP contribution in [-0.4, -0.2) is 21.9 Å². The van der Waals surface area contributed by atoms with Gasteiger partial charge in [-0.15, -0.1) is 0 Å². The summed E-state index contributed by atoms with van der Waals surface area (Å²) in [4.78, 5) is 22.9. The maximum atomic E-state index is 13.4. The molecular weight excluding hydrogens is 479 g/mol. The fourth-order valence-electron chi connectivity index (χ4n) is 5.05. The number of hydrogen-bond acceptors (Lipinski definition) is 4. The fourth-order valence-corrected chi connectivity index (χ4v) is 5.52. The van der Waals surface area contributed by atoms with Crippen molar-refractivity contribution in [3.05, 3.63) is 87.2 Å². The number of hydrogen-bond donors (Lipinski definition) is 2. The van der Waals surface area contributed by atoms with Gasteiger partial charge in [-0.05, 0) is 67.7 Å². The predicted molar refractivity (Wildman–Crippen MR) is 141 cm³/mol. The van der Waals surface area contributed by atoms with Crippen molar-refractivity contribution in [3.8, 4) is 0 Å². The van der Waals surface area contributed by atoms with Crippen LogP contribution < -0.4 is 10.6 Å². The number of halogens is 2. The lowest BCUT2D eigenvalue weighted by Crippen LogP contribution is -2.29. The molecule has 5 rings (SSSR count). The number of rotatable bonds is 7. The molecule has 2 fully saturated rings. The molecular formula is C28H30Cl2N4O. The van der Waals surface area contributed by atoms with Crippen LogP contribution in [0.5, 0.6) is 0 Å². The van der Waals surface area contributed by atoms with Gasteiger partial charge in [0.25, 0.3) is 5.91 Å². The molecule has 0 radical (unpaired) electrons. The maximum absolute atomic E-state index is 13.4. The van der Waals surface area contributed by atoms with E-state index in [4.69, 9.17) is 28.2 Å². The van der Waals surface area contributed by atoms with Crippen LogP contribution in [-0.2, 0) is 12.0 Å². The van der Waals surface area contributed by atoms with Crippen molar-refractivity contribution in [3.63, 3.8) is 0 Å². The standard InChI is InChI=1S/C28H30Cl2N4O/c1-18-7-11-22(12-8-18)33-27-32-17-23(26(35)31-16-19-9-10-21(29)15-24(19)30)25(34-27)28(13-14-28)20-5-3-2-4-6-20/h2-6,9-10,15,17-18,22H,7-8,11-14,16H2,1H3,(H,31,35)(H,32,33,34). The SMILES string of the molecule is CC1CCC(Nc2ncc(C(=O)NCc3ccc(Cl)cc3Cl)c(C3(c4ccccc4)CC3)n2)CC1. The van der Waals surface area contributed by atoms with E-state index in [1.54, 1.807) is 18.3 Å². The van der Waals surface area contributed by atoms with Crippen molar-refractivity contribution in [2.75, 3.05) is 5.32 Å². The molecule has 5 nitrogen and oxygen atoms in total. The summed E-state index contributed by atoms with van der Waals surface area (Å²) in [5.41, 5.74) is 3.04. The number of carbonyl (C=O) groups excluding carboxylic acids is 1. The van der Waals surface area contributed by atoms with Crippen molar-refractivity contribution in [1.82, 2.24) is 15.3 Å². The third-order valence-electron chi connectivity index (χ3n) is 7.37. The van der Waals surface area contributed by atoms with Gasteiger partial charge in [-0.1, -0.05) is 66.5 Å². The van der Waals surface area contributed by atoms with Crippen LogP contribution in [0.4, 0.5) is 5.95 Å². The number of amides is 1. The van der Waals surface area contributed by atoms with E-state index in [1.165, 1.54) is 18.4 Å². The Morgan fingerprint density at radius 3 is 2.49 bits per heavy atom. The summed E-state index contributed by atoms with van der Waals surface area (Å²) in [6.07, 6.45) is 8.26. The van der Waals surface area contributed by atoms with Crippen LogP contribution in [0.25, 0.3) is 0 Å². The average molecular weight is 509 g/mol. The van der Waals surface area contributed by atoms with Crippen molar-refractivity contribution >= 4 is 35.1 Å². The molecule has 2 aliphatic rings. The van der Waals surface area contributed by atoms with Crippen LogP contribution >= 0.6 is 23.2 Å². The number of aromatic nitrogens is 2. The van der Waals surface area contributed by atoms with Gasteiger partial charge in [-0.25, -0.2) is 9.97 Å². The summed E-state index contributed by atoms with van der Waals surface area (Å²) >= 11 is 12.3. The molecule has 0 saturated heterocycles. The molecule has 1 amide bonds. The van der Waals surface area contributed by atoms with Crippen molar-refractivity contribution in [1.29, 1.82) is 0 Å². The second-order valence-corrected chi connectivity index (χ2v) is 10.8. The molecule has 0 aliphatic heterocycles. The Kier molecular flexibility index (Phi) is 6.99. The Bertz CT molecular complexity index is 1200. The molecule has 1 aromatic heterocycles. The third-order valence-corrected chi connectivity index (χ3v) is 7.95. The molecule has 2 aliphatic carbocycles. The van der Waals surface area contributed by atoms with E-state index in [2.05, 4.69) is 34.7 Å². The highest BCUT2D eigenvalue weighted by Crippen LogP contribution is 2.53. The lowest BCUT2D eigenvalue weighted by molar-refractivity contribution is 0.0948. The van der Waals surface area contributed by atoms with Crippen LogP contribution in [0.3, 0.4) is 0 Å². The zero-order chi connectivity index (χ0) is 24.4. The molecule has 1 heterocycles. The molecule has 3 aromatic rings. The monoisotopic (exact) mass is 508 g/mol. The minimum atomic E-state index is -0.258. The first-order valence-electron chi connectivity index (χ1n) is 12.4. The largest absolute Gasteiger partial charge is 0.351 e. The third kappa shape index (κ3) is 5.31. The van der Waals surface area contributed by atoms with Crippen molar-refractivity contribution < 1.29 is 4.79 Å². The number of carbonyl (C=O) groups is 1. The molecule has 2 N–H and O–H groups in total. The Morgan fingerprint density at radius 2 is 1.80 bits per heavy atom. The predicted octanol–water partition coefficient (Wildman–Crippen LogP) is 6.78. The second-order valence-electron chi connectivity index (χ2n) is 9.92. The van der Waals surface area contributed by atoms with E-state index >= 15 is 0 Å². The van der Waals surface area contributed by atoms with Gasteiger partial charge in [-0.3, -0.25) is 4.79 Å². The van der Waals surface area contributed by atoms with Gasteiger partial charge in [0, 0.05) is 34.2 Å². The molecule has 0 bridgehead atoms. The first-order chi connectivity index (χ1) is 16.9. The smallest absolute Gasteiger partial charge is 0.255 e. The van der Waals surface area contributed by atoms with Gasteiger partial charge in [0.15, 0.2) is 0 Å². The lowest BCUT2D eigenvalue weighted by Gasteiger charge is -2.27. The van der Waals surface area contributed by atoms with Gasteiger partial charge >= 0.3 is 0 Å². The highest BCUT2D eigenvalue weighted by molar-refractivity contribution is 6.35. The summed E-state index contributed by atoms with van der Waals surface area (Å²) in [5, 5.41) is 7.64. The Hall–Kier alpha value is -2.63. The zero-order valence-corrected chi connectivity index (χ0v) is 21.4. The van der Waals surface area contributed by atoms with E-state index in [1.807, 2.05) is 24.3 Å². The van der Waals surface area contributed by atoms with Gasteiger partial charge in [-0.2, -0.15) is 0 Å². The Balaban J connectivity index is 1.43. The topological polar surface area (TPSA) is 66.9 Å². The fraction of sp³-hybridized carbons (Fsp3) is 0.393. The quantitative estimate of drug-likeness (QED) is 0.368.